The van der Waals surface area contributed by atoms with E-state index in [1.54, 1.807) is 29.7 Å². The molecular formula is C22H25N5S2. The molecule has 1 atom stereocenters. The predicted molar refractivity (Wildman–Crippen MR) is 120 cm³/mol. The first-order chi connectivity index (χ1) is 14.1. The maximum absolute atomic E-state index is 9.05. The molecule has 3 aromatic heterocycles. The largest absolute Gasteiger partial charge is 0.316 e. The Kier molecular flexibility index (Phi) is 6.24. The minimum Gasteiger partial charge on any atom is -0.316 e. The lowest BCUT2D eigenvalue weighted by Crippen LogP contribution is -2.22. The summed E-state index contributed by atoms with van der Waals surface area (Å²) in [6.07, 6.45) is 5.16. The van der Waals surface area contributed by atoms with Crippen LogP contribution in [0.5, 0.6) is 0 Å². The van der Waals surface area contributed by atoms with Crippen LogP contribution in [0.15, 0.2) is 35.8 Å². The summed E-state index contributed by atoms with van der Waals surface area (Å²) in [6.45, 7) is 6.67. The molecule has 0 amide bonds. The Labute approximate surface area is 180 Å². The first-order valence-electron chi connectivity index (χ1n) is 10.0. The van der Waals surface area contributed by atoms with Gasteiger partial charge in [0, 0.05) is 27.9 Å². The van der Waals surface area contributed by atoms with Crippen LogP contribution >= 0.6 is 22.7 Å². The molecule has 4 heterocycles. The maximum atomic E-state index is 9.05. The average Bonchev–Trinajstić information content (AvgIpc) is 3.43. The monoisotopic (exact) mass is 423 g/mol. The number of anilines is 2. The van der Waals surface area contributed by atoms with E-state index in [0.29, 0.717) is 23.3 Å². The molecular weight excluding hydrogens is 398 g/mol. The lowest BCUT2D eigenvalue weighted by molar-refractivity contribution is 0.247. The van der Waals surface area contributed by atoms with Crippen molar-refractivity contribution in [3.63, 3.8) is 0 Å². The summed E-state index contributed by atoms with van der Waals surface area (Å²) < 4.78 is 0. The highest BCUT2D eigenvalue weighted by Gasteiger charge is 2.28. The van der Waals surface area contributed by atoms with Gasteiger partial charge in [0.1, 0.15) is 5.82 Å². The molecule has 1 saturated heterocycles. The Hall–Kier alpha value is -2.27. The van der Waals surface area contributed by atoms with Crippen molar-refractivity contribution in [1.29, 1.82) is 5.26 Å². The number of thiophene rings is 1. The molecule has 1 aliphatic rings. The maximum Gasteiger partial charge on any atom is 0.188 e. The molecule has 1 aliphatic heterocycles. The number of aromatic nitrogens is 2. The number of hydrogen-bond acceptors (Lipinski definition) is 7. The summed E-state index contributed by atoms with van der Waals surface area (Å²) in [5.74, 6) is 1.36. The topological polar surface area (TPSA) is 64.8 Å². The molecule has 0 saturated carbocycles. The van der Waals surface area contributed by atoms with E-state index in [-0.39, 0.29) is 0 Å². The molecule has 1 unspecified atom stereocenters. The molecule has 150 valence electrons. The Balaban J connectivity index is 1.42. The standard InChI is InChI=1S/C22H25N5S2/c1-15(2)10-17-5-6-18(29-17)13-27-9-3-4-20(27)19-14-28-22(25-19)26-21-11-16(12-23)7-8-24-21/h5-8,11,14-15,20H,3-4,9-10,13H2,1-2H3,(H,24,25,26). The Morgan fingerprint density at radius 3 is 3.00 bits per heavy atom. The smallest absolute Gasteiger partial charge is 0.188 e. The van der Waals surface area contributed by atoms with Gasteiger partial charge < -0.3 is 5.32 Å². The van der Waals surface area contributed by atoms with Gasteiger partial charge in [0.15, 0.2) is 5.13 Å². The summed E-state index contributed by atoms with van der Waals surface area (Å²) in [5, 5.41) is 15.3. The quantitative estimate of drug-likeness (QED) is 0.524. The number of nitrogens with one attached hydrogen (secondary N) is 1. The minimum absolute atomic E-state index is 0.371. The molecule has 0 aromatic carbocycles. The molecule has 3 aromatic rings. The lowest BCUT2D eigenvalue weighted by atomic mass is 10.1. The van der Waals surface area contributed by atoms with E-state index >= 15 is 0 Å². The molecule has 29 heavy (non-hydrogen) atoms. The van der Waals surface area contributed by atoms with Gasteiger partial charge in [0.2, 0.25) is 0 Å². The molecule has 5 nitrogen and oxygen atoms in total. The molecule has 1 fully saturated rings. The summed E-state index contributed by atoms with van der Waals surface area (Å²) in [7, 11) is 0. The van der Waals surface area contributed by atoms with E-state index in [0.717, 1.165) is 36.8 Å². The van der Waals surface area contributed by atoms with Crippen LogP contribution < -0.4 is 5.32 Å². The zero-order chi connectivity index (χ0) is 20.2. The second-order valence-electron chi connectivity index (χ2n) is 7.84. The van der Waals surface area contributed by atoms with Crippen LogP contribution in [-0.4, -0.2) is 21.4 Å². The number of rotatable bonds is 7. The van der Waals surface area contributed by atoms with Gasteiger partial charge in [-0.2, -0.15) is 5.26 Å². The van der Waals surface area contributed by atoms with Crippen molar-refractivity contribution in [1.82, 2.24) is 14.9 Å². The van der Waals surface area contributed by atoms with Gasteiger partial charge in [-0.3, -0.25) is 4.90 Å². The molecule has 4 rings (SSSR count). The molecule has 0 aliphatic carbocycles. The van der Waals surface area contributed by atoms with Gasteiger partial charge in [-0.25, -0.2) is 9.97 Å². The Bertz CT molecular complexity index is 1000. The summed E-state index contributed by atoms with van der Waals surface area (Å²) in [4.78, 5) is 14.6. The molecule has 7 heteroatoms. The van der Waals surface area contributed by atoms with Crippen LogP contribution in [0.1, 0.15) is 53.7 Å². The fraction of sp³-hybridized carbons (Fsp3) is 0.409. The highest BCUT2D eigenvalue weighted by molar-refractivity contribution is 7.13. The van der Waals surface area contributed by atoms with Gasteiger partial charge in [-0.05, 0) is 56.0 Å². The van der Waals surface area contributed by atoms with Gasteiger partial charge in [-0.1, -0.05) is 13.8 Å². The van der Waals surface area contributed by atoms with Crippen LogP contribution in [0.2, 0.25) is 0 Å². The van der Waals surface area contributed by atoms with Crippen molar-refractivity contribution < 1.29 is 0 Å². The second kappa shape index (κ2) is 9.04. The summed E-state index contributed by atoms with van der Waals surface area (Å²) in [6, 6.07) is 10.5. The van der Waals surface area contributed by atoms with E-state index in [1.165, 1.54) is 16.2 Å². The first-order valence-corrected chi connectivity index (χ1v) is 11.7. The Morgan fingerprint density at radius 2 is 2.17 bits per heavy atom. The van der Waals surface area contributed by atoms with Crippen molar-refractivity contribution in [2.75, 3.05) is 11.9 Å². The average molecular weight is 424 g/mol. The molecule has 0 radical (unpaired) electrons. The zero-order valence-corrected chi connectivity index (χ0v) is 18.4. The lowest BCUT2D eigenvalue weighted by Gasteiger charge is -2.22. The van der Waals surface area contributed by atoms with E-state index < -0.39 is 0 Å². The van der Waals surface area contributed by atoms with Gasteiger partial charge in [0.25, 0.3) is 0 Å². The summed E-state index contributed by atoms with van der Waals surface area (Å²) >= 11 is 3.54. The van der Waals surface area contributed by atoms with Crippen LogP contribution in [0.4, 0.5) is 10.9 Å². The number of pyridine rings is 1. The van der Waals surface area contributed by atoms with E-state index in [1.807, 2.05) is 11.3 Å². The van der Waals surface area contributed by atoms with E-state index in [9.17, 15) is 0 Å². The SMILES string of the molecule is CC(C)Cc1ccc(CN2CCCC2c2csc(Nc3cc(C#N)ccn3)n2)s1. The van der Waals surface area contributed by atoms with Crippen LogP contribution in [0.3, 0.4) is 0 Å². The van der Waals surface area contributed by atoms with Crippen molar-refractivity contribution in [3.8, 4) is 6.07 Å². The summed E-state index contributed by atoms with van der Waals surface area (Å²) in [5.41, 5.74) is 1.72. The Morgan fingerprint density at radius 1 is 1.31 bits per heavy atom. The highest BCUT2D eigenvalue weighted by Crippen LogP contribution is 2.36. The van der Waals surface area contributed by atoms with Crippen molar-refractivity contribution in [2.24, 2.45) is 5.92 Å². The van der Waals surface area contributed by atoms with Crippen LogP contribution in [0, 0.1) is 17.2 Å². The predicted octanol–water partition coefficient (Wildman–Crippen LogP) is 5.75. The minimum atomic E-state index is 0.371. The van der Waals surface area contributed by atoms with Crippen molar-refractivity contribution >= 4 is 33.6 Å². The number of thiazole rings is 1. The normalized spacial score (nSPS) is 17.0. The van der Waals surface area contributed by atoms with Gasteiger partial charge in [-0.15, -0.1) is 22.7 Å². The van der Waals surface area contributed by atoms with Crippen molar-refractivity contribution in [2.45, 2.75) is 45.7 Å². The van der Waals surface area contributed by atoms with Crippen molar-refractivity contribution in [3.05, 3.63) is 56.9 Å². The number of likely N-dealkylation sites (tertiary alicyclic amines) is 1. The molecule has 0 spiro atoms. The third kappa shape index (κ3) is 5.02. The number of nitrogens with zero attached hydrogens (tertiary/aromatic N) is 4. The van der Waals surface area contributed by atoms with Crippen LogP contribution in [-0.2, 0) is 13.0 Å². The van der Waals surface area contributed by atoms with Gasteiger partial charge in [0.05, 0.1) is 23.4 Å². The second-order valence-corrected chi connectivity index (χ2v) is 9.95. The fourth-order valence-electron chi connectivity index (χ4n) is 3.74. The fourth-order valence-corrected chi connectivity index (χ4v) is 5.76. The number of nitriles is 1. The zero-order valence-electron chi connectivity index (χ0n) is 16.8. The van der Waals surface area contributed by atoms with Crippen LogP contribution in [0.25, 0.3) is 0 Å². The highest BCUT2D eigenvalue weighted by atomic mass is 32.1. The first kappa shape index (κ1) is 20.0. The third-order valence-electron chi connectivity index (χ3n) is 5.04. The molecule has 0 bridgehead atoms. The van der Waals surface area contributed by atoms with E-state index in [2.05, 4.69) is 52.6 Å². The molecule has 1 N–H and O–H groups in total. The number of hydrogen-bond donors (Lipinski definition) is 1. The van der Waals surface area contributed by atoms with E-state index in [4.69, 9.17) is 10.2 Å². The van der Waals surface area contributed by atoms with Gasteiger partial charge >= 0.3 is 0 Å². The third-order valence-corrected chi connectivity index (χ3v) is 6.90.